The number of ketones is 1. The number of carbonyl (C=O) groups excluding carboxylic acids is 1. The van der Waals surface area contributed by atoms with Crippen molar-refractivity contribution in [3.63, 3.8) is 0 Å². The molecule has 0 spiro atoms. The lowest BCUT2D eigenvalue weighted by Crippen LogP contribution is -2.03. The molecule has 1 heteroatoms. The predicted molar refractivity (Wildman–Crippen MR) is 35.0 cm³/mol. The molecule has 2 rings (SSSR count). The summed E-state index contributed by atoms with van der Waals surface area (Å²) in [5.74, 6) is 2.00. The topological polar surface area (TPSA) is 17.1 Å². The van der Waals surface area contributed by atoms with E-state index in [1.54, 1.807) is 0 Å². The molecule has 0 heterocycles. The molecule has 0 saturated heterocycles. The van der Waals surface area contributed by atoms with Gasteiger partial charge in [0.25, 0.3) is 0 Å². The highest BCUT2D eigenvalue weighted by molar-refractivity contribution is 5.83. The Morgan fingerprint density at radius 3 is 2.11 bits per heavy atom. The van der Waals surface area contributed by atoms with Crippen LogP contribution in [0.25, 0.3) is 0 Å². The van der Waals surface area contributed by atoms with Gasteiger partial charge in [-0.15, -0.1) is 0 Å². The SMILES string of the molecule is CC1(C)C2CC(=O)C[C@@H]21. The molecule has 0 aliphatic heterocycles. The van der Waals surface area contributed by atoms with Crippen LogP contribution in [0.15, 0.2) is 0 Å². The summed E-state index contributed by atoms with van der Waals surface area (Å²) < 4.78 is 0. The second kappa shape index (κ2) is 1.23. The molecule has 0 aromatic rings. The lowest BCUT2D eigenvalue weighted by molar-refractivity contribution is -0.118. The summed E-state index contributed by atoms with van der Waals surface area (Å²) in [5.41, 5.74) is 0.522. The molecular weight excluding hydrogens is 112 g/mol. The minimum Gasteiger partial charge on any atom is -0.300 e. The van der Waals surface area contributed by atoms with E-state index in [9.17, 15) is 4.79 Å². The number of rotatable bonds is 0. The van der Waals surface area contributed by atoms with Crippen LogP contribution in [-0.4, -0.2) is 5.78 Å². The van der Waals surface area contributed by atoms with Crippen LogP contribution in [0.2, 0.25) is 0 Å². The van der Waals surface area contributed by atoms with Gasteiger partial charge in [-0.1, -0.05) is 13.8 Å². The summed E-state index contributed by atoms with van der Waals surface area (Å²) in [6.45, 7) is 4.55. The highest BCUT2D eigenvalue weighted by Gasteiger charge is 2.61. The quantitative estimate of drug-likeness (QED) is 0.479. The van der Waals surface area contributed by atoms with Crippen molar-refractivity contribution in [3.8, 4) is 0 Å². The van der Waals surface area contributed by atoms with Crippen LogP contribution < -0.4 is 0 Å². The summed E-state index contributed by atoms with van der Waals surface area (Å²) >= 11 is 0. The number of fused-ring (bicyclic) bond motifs is 1. The van der Waals surface area contributed by atoms with E-state index in [1.807, 2.05) is 0 Å². The average Bonchev–Trinajstić information content (AvgIpc) is 2.27. The van der Waals surface area contributed by atoms with Gasteiger partial charge < -0.3 is 0 Å². The normalized spacial score (nSPS) is 44.9. The van der Waals surface area contributed by atoms with Crippen molar-refractivity contribution in [2.24, 2.45) is 17.3 Å². The molecule has 2 aliphatic carbocycles. The van der Waals surface area contributed by atoms with Crippen LogP contribution in [0, 0.1) is 17.3 Å². The lowest BCUT2D eigenvalue weighted by atomic mass is 10.0. The van der Waals surface area contributed by atoms with Crippen LogP contribution in [0.1, 0.15) is 26.7 Å². The Morgan fingerprint density at radius 2 is 1.78 bits per heavy atom. The molecule has 0 aromatic heterocycles. The summed E-state index contributed by atoms with van der Waals surface area (Å²) in [5, 5.41) is 0. The van der Waals surface area contributed by atoms with Gasteiger partial charge in [0.15, 0.2) is 0 Å². The van der Waals surface area contributed by atoms with E-state index in [-0.39, 0.29) is 0 Å². The van der Waals surface area contributed by atoms with Gasteiger partial charge in [0.2, 0.25) is 0 Å². The van der Waals surface area contributed by atoms with Crippen LogP contribution >= 0.6 is 0 Å². The van der Waals surface area contributed by atoms with Crippen molar-refractivity contribution in [3.05, 3.63) is 0 Å². The molecule has 1 nitrogen and oxygen atoms in total. The largest absolute Gasteiger partial charge is 0.300 e. The summed E-state index contributed by atoms with van der Waals surface area (Å²) in [4.78, 5) is 10.8. The second-order valence-corrected chi connectivity index (χ2v) is 3.98. The molecular formula is C8H12O. The molecule has 0 radical (unpaired) electrons. The van der Waals surface area contributed by atoms with E-state index >= 15 is 0 Å². The molecule has 50 valence electrons. The third-order valence-electron chi connectivity index (χ3n) is 3.18. The van der Waals surface area contributed by atoms with E-state index in [2.05, 4.69) is 13.8 Å². The molecule has 1 unspecified atom stereocenters. The maximum Gasteiger partial charge on any atom is 0.133 e. The van der Waals surface area contributed by atoms with Gasteiger partial charge in [-0.25, -0.2) is 0 Å². The summed E-state index contributed by atoms with van der Waals surface area (Å²) in [6.07, 6.45) is 1.75. The molecule has 0 aromatic carbocycles. The van der Waals surface area contributed by atoms with E-state index in [4.69, 9.17) is 0 Å². The van der Waals surface area contributed by atoms with Gasteiger partial charge in [-0.2, -0.15) is 0 Å². The van der Waals surface area contributed by atoms with Crippen molar-refractivity contribution in [2.45, 2.75) is 26.7 Å². The zero-order chi connectivity index (χ0) is 6.65. The van der Waals surface area contributed by atoms with Gasteiger partial charge >= 0.3 is 0 Å². The third-order valence-corrected chi connectivity index (χ3v) is 3.18. The Labute approximate surface area is 55.4 Å². The number of carbonyl (C=O) groups is 1. The van der Waals surface area contributed by atoms with E-state index in [1.165, 1.54) is 0 Å². The fraction of sp³-hybridized carbons (Fsp3) is 0.875. The van der Waals surface area contributed by atoms with Gasteiger partial charge in [-0.3, -0.25) is 4.79 Å². The molecule has 2 atom stereocenters. The summed E-state index contributed by atoms with van der Waals surface area (Å²) in [6, 6.07) is 0. The minimum absolute atomic E-state index is 0.490. The Hall–Kier alpha value is -0.330. The van der Waals surface area contributed by atoms with Gasteiger partial charge in [-0.05, 0) is 17.3 Å². The third kappa shape index (κ3) is 0.525. The smallest absolute Gasteiger partial charge is 0.133 e. The van der Waals surface area contributed by atoms with Crippen LogP contribution in [0.3, 0.4) is 0 Å². The van der Waals surface area contributed by atoms with E-state index < -0.39 is 0 Å². The first-order valence-corrected chi connectivity index (χ1v) is 3.64. The zero-order valence-corrected chi connectivity index (χ0v) is 5.98. The lowest BCUT2D eigenvalue weighted by Gasteiger charge is -2.04. The van der Waals surface area contributed by atoms with Crippen molar-refractivity contribution in [1.82, 2.24) is 0 Å². The van der Waals surface area contributed by atoms with Gasteiger partial charge in [0.1, 0.15) is 5.78 Å². The molecule has 0 N–H and O–H groups in total. The van der Waals surface area contributed by atoms with E-state index in [0.717, 1.165) is 24.7 Å². The first-order chi connectivity index (χ1) is 4.12. The number of hydrogen-bond acceptors (Lipinski definition) is 1. The fourth-order valence-corrected chi connectivity index (χ4v) is 2.24. The van der Waals surface area contributed by atoms with Gasteiger partial charge in [0.05, 0.1) is 0 Å². The van der Waals surface area contributed by atoms with E-state index in [0.29, 0.717) is 11.2 Å². The predicted octanol–water partition coefficient (Wildman–Crippen LogP) is 1.62. The maximum absolute atomic E-state index is 10.8. The highest BCUT2D eigenvalue weighted by atomic mass is 16.1. The number of Topliss-reactive ketones (excluding diaryl/α,β-unsaturated/α-hetero) is 1. The Kier molecular flexibility index (Phi) is 0.744. The average molecular weight is 124 g/mol. The molecule has 9 heavy (non-hydrogen) atoms. The molecule has 0 bridgehead atoms. The minimum atomic E-state index is 0.490. The number of hydrogen-bond donors (Lipinski definition) is 0. The standard InChI is InChI=1S/C8H12O/c1-8(2)6-3-5(9)4-7(6)8/h6-7H,3-4H2,1-2H3/t6-,7?/m0/s1. The zero-order valence-electron chi connectivity index (χ0n) is 5.98. The first-order valence-electron chi connectivity index (χ1n) is 3.64. The highest BCUT2D eigenvalue weighted by Crippen LogP contribution is 2.65. The second-order valence-electron chi connectivity index (χ2n) is 3.98. The molecule has 2 aliphatic rings. The fourth-order valence-electron chi connectivity index (χ4n) is 2.24. The van der Waals surface area contributed by atoms with Crippen molar-refractivity contribution in [2.75, 3.05) is 0 Å². The first kappa shape index (κ1) is 5.45. The van der Waals surface area contributed by atoms with Crippen LogP contribution in [-0.2, 0) is 4.79 Å². The van der Waals surface area contributed by atoms with Crippen LogP contribution in [0.4, 0.5) is 0 Å². The van der Waals surface area contributed by atoms with Crippen molar-refractivity contribution < 1.29 is 4.79 Å². The monoisotopic (exact) mass is 124 g/mol. The molecule has 0 amide bonds. The molecule has 2 saturated carbocycles. The maximum atomic E-state index is 10.8. The van der Waals surface area contributed by atoms with Crippen molar-refractivity contribution in [1.29, 1.82) is 0 Å². The summed E-state index contributed by atoms with van der Waals surface area (Å²) in [7, 11) is 0. The Morgan fingerprint density at radius 1 is 1.33 bits per heavy atom. The molecule has 2 fully saturated rings. The Bertz CT molecular complexity index is 153. The Balaban J connectivity index is 2.14. The van der Waals surface area contributed by atoms with Crippen molar-refractivity contribution >= 4 is 5.78 Å². The van der Waals surface area contributed by atoms with Crippen LogP contribution in [0.5, 0.6) is 0 Å². The van der Waals surface area contributed by atoms with Gasteiger partial charge in [0, 0.05) is 12.8 Å².